The van der Waals surface area contributed by atoms with Crippen LogP contribution in [0, 0.1) is 0 Å². The van der Waals surface area contributed by atoms with Crippen molar-refractivity contribution in [2.75, 3.05) is 27.2 Å². The van der Waals surface area contributed by atoms with E-state index in [4.69, 9.17) is 11.6 Å². The molecule has 2 N–H and O–H groups in total. The first-order chi connectivity index (χ1) is 12.5. The number of halogens is 2. The molecule has 0 fully saturated rings. The monoisotopic (exact) mass is 436 g/mol. The molecule has 0 heterocycles. The Balaban J connectivity index is 1.81. The molecule has 7 heteroatoms. The summed E-state index contributed by atoms with van der Waals surface area (Å²) in [6.45, 7) is 1.74. The predicted molar refractivity (Wildman–Crippen MR) is 111 cm³/mol. The Bertz CT molecular complexity index is 782. The summed E-state index contributed by atoms with van der Waals surface area (Å²) in [5, 5.41) is 6.54. The van der Waals surface area contributed by atoms with E-state index >= 15 is 0 Å². The number of hydrogen-bond donors (Lipinski definition) is 2. The molecule has 2 aromatic rings. The first kappa shape index (κ1) is 20.3. The van der Waals surface area contributed by atoms with Crippen LogP contribution in [0.15, 0.2) is 58.0 Å². The van der Waals surface area contributed by atoms with E-state index in [9.17, 15) is 4.79 Å². The van der Waals surface area contributed by atoms with Gasteiger partial charge in [-0.3, -0.25) is 9.79 Å². The SMILES string of the molecule is CN=C(NCCNC(=O)c1ccccc1Cl)N(C)Cc1ccccc1Br. The van der Waals surface area contributed by atoms with Crippen molar-refractivity contribution in [3.63, 3.8) is 0 Å². The van der Waals surface area contributed by atoms with Gasteiger partial charge in [0.2, 0.25) is 0 Å². The van der Waals surface area contributed by atoms with Crippen LogP contribution in [0.4, 0.5) is 0 Å². The van der Waals surface area contributed by atoms with Crippen LogP contribution in [0.2, 0.25) is 5.02 Å². The maximum Gasteiger partial charge on any atom is 0.252 e. The van der Waals surface area contributed by atoms with Gasteiger partial charge >= 0.3 is 0 Å². The summed E-state index contributed by atoms with van der Waals surface area (Å²) in [4.78, 5) is 18.4. The van der Waals surface area contributed by atoms with Gasteiger partial charge in [0.15, 0.2) is 5.96 Å². The Labute approximate surface area is 167 Å². The summed E-state index contributed by atoms with van der Waals surface area (Å²) in [5.74, 6) is 0.571. The third-order valence-electron chi connectivity index (χ3n) is 3.75. The Morgan fingerprint density at radius 1 is 1.12 bits per heavy atom. The maximum atomic E-state index is 12.1. The van der Waals surface area contributed by atoms with Gasteiger partial charge in [-0.25, -0.2) is 0 Å². The third-order valence-corrected chi connectivity index (χ3v) is 4.85. The van der Waals surface area contributed by atoms with Gasteiger partial charge in [-0.1, -0.05) is 57.9 Å². The van der Waals surface area contributed by atoms with Crippen LogP contribution in [0.25, 0.3) is 0 Å². The first-order valence-electron chi connectivity index (χ1n) is 8.21. The molecule has 138 valence electrons. The van der Waals surface area contributed by atoms with E-state index in [-0.39, 0.29) is 5.91 Å². The summed E-state index contributed by atoms with van der Waals surface area (Å²) in [6.07, 6.45) is 0. The molecule has 0 unspecified atom stereocenters. The van der Waals surface area contributed by atoms with Gasteiger partial charge in [0.05, 0.1) is 10.6 Å². The summed E-state index contributed by atoms with van der Waals surface area (Å²) >= 11 is 9.59. The molecule has 0 atom stereocenters. The van der Waals surface area contributed by atoms with Gasteiger partial charge in [0.25, 0.3) is 5.91 Å². The summed E-state index contributed by atoms with van der Waals surface area (Å²) in [6, 6.07) is 15.1. The highest BCUT2D eigenvalue weighted by atomic mass is 79.9. The second-order valence-electron chi connectivity index (χ2n) is 5.66. The third kappa shape index (κ3) is 5.75. The van der Waals surface area contributed by atoms with Gasteiger partial charge in [0.1, 0.15) is 0 Å². The molecular formula is C19H22BrClN4O. The minimum absolute atomic E-state index is 0.186. The lowest BCUT2D eigenvalue weighted by Gasteiger charge is -2.22. The molecular weight excluding hydrogens is 416 g/mol. The Morgan fingerprint density at radius 2 is 1.77 bits per heavy atom. The minimum Gasteiger partial charge on any atom is -0.354 e. The van der Waals surface area contributed by atoms with Crippen molar-refractivity contribution in [3.8, 4) is 0 Å². The molecule has 5 nitrogen and oxygen atoms in total. The molecule has 0 aliphatic carbocycles. The number of carbonyl (C=O) groups is 1. The second-order valence-corrected chi connectivity index (χ2v) is 6.92. The zero-order valence-electron chi connectivity index (χ0n) is 14.8. The Morgan fingerprint density at radius 3 is 2.46 bits per heavy atom. The fraction of sp³-hybridized carbons (Fsp3) is 0.263. The Hall–Kier alpha value is -2.05. The highest BCUT2D eigenvalue weighted by Crippen LogP contribution is 2.17. The van der Waals surface area contributed by atoms with Gasteiger partial charge in [-0.05, 0) is 23.8 Å². The van der Waals surface area contributed by atoms with Crippen molar-refractivity contribution in [1.82, 2.24) is 15.5 Å². The maximum absolute atomic E-state index is 12.1. The second kappa shape index (κ2) is 10.2. The molecule has 0 aromatic heterocycles. The quantitative estimate of drug-likeness (QED) is 0.413. The van der Waals surface area contributed by atoms with E-state index in [0.717, 1.165) is 10.4 Å². The number of nitrogens with zero attached hydrogens (tertiary/aromatic N) is 2. The first-order valence-corrected chi connectivity index (χ1v) is 9.38. The summed E-state index contributed by atoms with van der Waals surface area (Å²) in [7, 11) is 3.71. The van der Waals surface area contributed by atoms with E-state index in [1.807, 2.05) is 30.1 Å². The van der Waals surface area contributed by atoms with Crippen LogP contribution >= 0.6 is 27.5 Å². The topological polar surface area (TPSA) is 56.7 Å². The van der Waals surface area contributed by atoms with Crippen LogP contribution in [-0.2, 0) is 6.54 Å². The highest BCUT2D eigenvalue weighted by Gasteiger charge is 2.10. The molecule has 0 bridgehead atoms. The standard InChI is InChI=1S/C19H22BrClN4O/c1-22-19(25(2)13-14-7-3-5-9-16(14)20)24-12-11-23-18(26)15-8-4-6-10-17(15)21/h3-10H,11-13H2,1-2H3,(H,22,24)(H,23,26). The van der Waals surface area contributed by atoms with Crippen LogP contribution in [0.3, 0.4) is 0 Å². The van der Waals surface area contributed by atoms with Crippen molar-refractivity contribution in [2.24, 2.45) is 4.99 Å². The van der Waals surface area contributed by atoms with Gasteiger partial charge in [0, 0.05) is 38.2 Å². The lowest BCUT2D eigenvalue weighted by atomic mass is 10.2. The van der Waals surface area contributed by atoms with E-state index < -0.39 is 0 Å². The molecule has 0 saturated heterocycles. The van der Waals surface area contributed by atoms with Gasteiger partial charge < -0.3 is 15.5 Å². The molecule has 0 spiro atoms. The van der Waals surface area contributed by atoms with Crippen molar-refractivity contribution < 1.29 is 4.79 Å². The van der Waals surface area contributed by atoms with E-state index in [1.54, 1.807) is 31.3 Å². The lowest BCUT2D eigenvalue weighted by molar-refractivity contribution is 0.0954. The van der Waals surface area contributed by atoms with Crippen LogP contribution < -0.4 is 10.6 Å². The number of carbonyl (C=O) groups excluding carboxylic acids is 1. The smallest absolute Gasteiger partial charge is 0.252 e. The number of guanidine groups is 1. The number of amides is 1. The zero-order valence-corrected chi connectivity index (χ0v) is 17.1. The molecule has 0 aliphatic rings. The lowest BCUT2D eigenvalue weighted by Crippen LogP contribution is -2.42. The number of hydrogen-bond acceptors (Lipinski definition) is 2. The van der Waals surface area contributed by atoms with Crippen molar-refractivity contribution in [1.29, 1.82) is 0 Å². The van der Waals surface area contributed by atoms with Crippen LogP contribution in [0.1, 0.15) is 15.9 Å². The fourth-order valence-corrected chi connectivity index (χ4v) is 3.06. The summed E-state index contributed by atoms with van der Waals surface area (Å²) < 4.78 is 1.06. The van der Waals surface area contributed by atoms with Gasteiger partial charge in [-0.15, -0.1) is 0 Å². The highest BCUT2D eigenvalue weighted by molar-refractivity contribution is 9.10. The van der Waals surface area contributed by atoms with Crippen molar-refractivity contribution in [2.45, 2.75) is 6.54 Å². The molecule has 2 aromatic carbocycles. The Kier molecular flexibility index (Phi) is 7.94. The number of benzene rings is 2. The van der Waals surface area contributed by atoms with Crippen molar-refractivity contribution >= 4 is 39.4 Å². The normalized spacial score (nSPS) is 11.2. The zero-order chi connectivity index (χ0) is 18.9. The van der Waals surface area contributed by atoms with E-state index in [1.165, 1.54) is 5.56 Å². The molecule has 0 saturated carbocycles. The largest absolute Gasteiger partial charge is 0.354 e. The predicted octanol–water partition coefficient (Wildman–Crippen LogP) is 3.54. The fourth-order valence-electron chi connectivity index (χ4n) is 2.43. The number of aliphatic imine (C=N–C) groups is 1. The van der Waals surface area contributed by atoms with Crippen LogP contribution in [-0.4, -0.2) is 44.0 Å². The molecule has 0 radical (unpaired) electrons. The molecule has 0 aliphatic heterocycles. The average molecular weight is 438 g/mol. The van der Waals surface area contributed by atoms with Gasteiger partial charge in [-0.2, -0.15) is 0 Å². The van der Waals surface area contributed by atoms with Crippen LogP contribution in [0.5, 0.6) is 0 Å². The molecule has 26 heavy (non-hydrogen) atoms. The van der Waals surface area contributed by atoms with E-state index in [2.05, 4.69) is 37.6 Å². The molecule has 1 amide bonds. The van der Waals surface area contributed by atoms with Crippen molar-refractivity contribution in [3.05, 3.63) is 69.2 Å². The minimum atomic E-state index is -0.186. The average Bonchev–Trinajstić information content (AvgIpc) is 2.63. The number of rotatable bonds is 6. The summed E-state index contributed by atoms with van der Waals surface area (Å²) in [5.41, 5.74) is 1.65. The number of nitrogens with one attached hydrogen (secondary N) is 2. The molecule has 2 rings (SSSR count). The van der Waals surface area contributed by atoms with E-state index in [0.29, 0.717) is 30.2 Å².